The van der Waals surface area contributed by atoms with E-state index in [1.807, 2.05) is 0 Å². The number of ether oxygens (including phenoxy) is 1. The predicted molar refractivity (Wildman–Crippen MR) is 60.4 cm³/mol. The van der Waals surface area contributed by atoms with Crippen LogP contribution in [0.3, 0.4) is 0 Å². The SMILES string of the molecule is CCC(CC)C1(CBr)CCCOC1. The van der Waals surface area contributed by atoms with Crippen LogP contribution in [0.1, 0.15) is 39.5 Å². The molecule has 0 spiro atoms. The van der Waals surface area contributed by atoms with Crippen LogP contribution in [0.4, 0.5) is 0 Å². The Bertz CT molecular complexity index is 137. The number of alkyl halides is 1. The number of rotatable bonds is 4. The van der Waals surface area contributed by atoms with Crippen molar-refractivity contribution in [3.05, 3.63) is 0 Å². The largest absolute Gasteiger partial charge is 0.381 e. The van der Waals surface area contributed by atoms with Gasteiger partial charge in [0.15, 0.2) is 0 Å². The Morgan fingerprint density at radius 3 is 2.46 bits per heavy atom. The summed E-state index contributed by atoms with van der Waals surface area (Å²) in [5.41, 5.74) is 0.432. The number of halogens is 1. The van der Waals surface area contributed by atoms with E-state index in [0.29, 0.717) is 5.41 Å². The summed E-state index contributed by atoms with van der Waals surface area (Å²) >= 11 is 3.67. The van der Waals surface area contributed by atoms with Crippen LogP contribution < -0.4 is 0 Å². The van der Waals surface area contributed by atoms with Crippen LogP contribution in [0.5, 0.6) is 0 Å². The quantitative estimate of drug-likeness (QED) is 0.691. The van der Waals surface area contributed by atoms with Gasteiger partial charge in [-0.25, -0.2) is 0 Å². The first-order valence-electron chi connectivity index (χ1n) is 5.42. The van der Waals surface area contributed by atoms with Crippen LogP contribution in [-0.2, 0) is 4.74 Å². The van der Waals surface area contributed by atoms with Crippen molar-refractivity contribution in [3.63, 3.8) is 0 Å². The lowest BCUT2D eigenvalue weighted by atomic mass is 9.71. The molecule has 0 aromatic carbocycles. The molecule has 0 N–H and O–H groups in total. The highest BCUT2D eigenvalue weighted by molar-refractivity contribution is 9.09. The molecule has 1 nitrogen and oxygen atoms in total. The van der Waals surface area contributed by atoms with E-state index in [-0.39, 0.29) is 0 Å². The van der Waals surface area contributed by atoms with Crippen LogP contribution in [-0.4, -0.2) is 18.5 Å². The molecule has 2 heteroatoms. The topological polar surface area (TPSA) is 9.23 Å². The zero-order chi connectivity index (χ0) is 9.73. The van der Waals surface area contributed by atoms with Crippen molar-refractivity contribution in [2.24, 2.45) is 11.3 Å². The number of hydrogen-bond acceptors (Lipinski definition) is 1. The summed E-state index contributed by atoms with van der Waals surface area (Å²) in [6.07, 6.45) is 5.14. The van der Waals surface area contributed by atoms with Crippen LogP contribution >= 0.6 is 15.9 Å². The van der Waals surface area contributed by atoms with Gasteiger partial charge in [0.05, 0.1) is 6.61 Å². The molecule has 0 radical (unpaired) electrons. The van der Waals surface area contributed by atoms with Crippen molar-refractivity contribution in [1.29, 1.82) is 0 Å². The van der Waals surface area contributed by atoms with Gasteiger partial charge in [-0.3, -0.25) is 0 Å². The monoisotopic (exact) mass is 248 g/mol. The normalized spacial score (nSPS) is 29.5. The van der Waals surface area contributed by atoms with E-state index in [1.165, 1.54) is 25.7 Å². The fraction of sp³-hybridized carbons (Fsp3) is 1.00. The van der Waals surface area contributed by atoms with Gasteiger partial charge in [-0.2, -0.15) is 0 Å². The molecule has 1 heterocycles. The average molecular weight is 249 g/mol. The Morgan fingerprint density at radius 1 is 1.38 bits per heavy atom. The molecule has 0 aromatic rings. The van der Waals surface area contributed by atoms with Crippen LogP contribution in [0.15, 0.2) is 0 Å². The molecule has 13 heavy (non-hydrogen) atoms. The first-order chi connectivity index (χ1) is 6.29. The first kappa shape index (κ1) is 11.5. The summed E-state index contributed by atoms with van der Waals surface area (Å²) in [5, 5.41) is 1.10. The third-order valence-corrected chi connectivity index (χ3v) is 4.59. The zero-order valence-corrected chi connectivity index (χ0v) is 10.4. The van der Waals surface area contributed by atoms with Crippen LogP contribution in [0, 0.1) is 11.3 Å². The molecule has 1 unspecified atom stereocenters. The summed E-state index contributed by atoms with van der Waals surface area (Å²) in [6, 6.07) is 0. The summed E-state index contributed by atoms with van der Waals surface area (Å²) in [5.74, 6) is 0.826. The minimum Gasteiger partial charge on any atom is -0.381 e. The van der Waals surface area contributed by atoms with Gasteiger partial charge < -0.3 is 4.74 Å². The second-order valence-electron chi connectivity index (χ2n) is 4.17. The minimum atomic E-state index is 0.432. The van der Waals surface area contributed by atoms with E-state index in [2.05, 4.69) is 29.8 Å². The summed E-state index contributed by atoms with van der Waals surface area (Å²) < 4.78 is 5.63. The van der Waals surface area contributed by atoms with E-state index in [1.54, 1.807) is 0 Å². The van der Waals surface area contributed by atoms with E-state index in [0.717, 1.165) is 24.5 Å². The lowest BCUT2D eigenvalue weighted by Gasteiger charge is -2.41. The average Bonchev–Trinajstić information content (AvgIpc) is 2.21. The molecule has 0 aromatic heterocycles. The second kappa shape index (κ2) is 5.35. The third kappa shape index (κ3) is 2.47. The molecule has 1 saturated heterocycles. The van der Waals surface area contributed by atoms with E-state index < -0.39 is 0 Å². The second-order valence-corrected chi connectivity index (χ2v) is 4.73. The summed E-state index contributed by atoms with van der Waals surface area (Å²) in [6.45, 7) is 6.53. The molecule has 0 aliphatic carbocycles. The Morgan fingerprint density at radius 2 is 2.08 bits per heavy atom. The Hall–Kier alpha value is 0.440. The van der Waals surface area contributed by atoms with E-state index in [9.17, 15) is 0 Å². The fourth-order valence-electron chi connectivity index (χ4n) is 2.57. The fourth-order valence-corrected chi connectivity index (χ4v) is 3.47. The lowest BCUT2D eigenvalue weighted by Crippen LogP contribution is -2.40. The van der Waals surface area contributed by atoms with Crippen molar-refractivity contribution in [2.75, 3.05) is 18.5 Å². The van der Waals surface area contributed by atoms with Gasteiger partial charge in [0.1, 0.15) is 0 Å². The van der Waals surface area contributed by atoms with E-state index >= 15 is 0 Å². The molecule has 1 fully saturated rings. The highest BCUT2D eigenvalue weighted by Gasteiger charge is 2.37. The lowest BCUT2D eigenvalue weighted by molar-refractivity contribution is -0.0295. The molecule has 78 valence electrons. The highest BCUT2D eigenvalue weighted by Crippen LogP contribution is 2.41. The molecular weight excluding hydrogens is 228 g/mol. The zero-order valence-electron chi connectivity index (χ0n) is 8.81. The maximum atomic E-state index is 5.63. The summed E-state index contributed by atoms with van der Waals surface area (Å²) in [7, 11) is 0. The van der Waals surface area contributed by atoms with Crippen molar-refractivity contribution < 1.29 is 4.74 Å². The third-order valence-electron chi connectivity index (χ3n) is 3.47. The molecule has 0 amide bonds. The van der Waals surface area contributed by atoms with Crippen molar-refractivity contribution >= 4 is 15.9 Å². The van der Waals surface area contributed by atoms with Gasteiger partial charge in [0, 0.05) is 17.4 Å². The summed E-state index contributed by atoms with van der Waals surface area (Å²) in [4.78, 5) is 0. The van der Waals surface area contributed by atoms with Gasteiger partial charge in [0.25, 0.3) is 0 Å². The molecular formula is C11H21BrO. The first-order valence-corrected chi connectivity index (χ1v) is 6.55. The Labute approximate surface area is 90.4 Å². The Kier molecular flexibility index (Phi) is 4.74. The van der Waals surface area contributed by atoms with Gasteiger partial charge in [-0.1, -0.05) is 42.6 Å². The molecule has 0 saturated carbocycles. The predicted octanol–water partition coefficient (Wildman–Crippen LogP) is 3.61. The van der Waals surface area contributed by atoms with Gasteiger partial charge in [-0.05, 0) is 18.8 Å². The smallest absolute Gasteiger partial charge is 0.0533 e. The molecule has 0 bridgehead atoms. The van der Waals surface area contributed by atoms with Gasteiger partial charge in [0.2, 0.25) is 0 Å². The van der Waals surface area contributed by atoms with Gasteiger partial charge >= 0.3 is 0 Å². The maximum Gasteiger partial charge on any atom is 0.0533 e. The van der Waals surface area contributed by atoms with Crippen LogP contribution in [0.2, 0.25) is 0 Å². The van der Waals surface area contributed by atoms with Crippen LogP contribution in [0.25, 0.3) is 0 Å². The highest BCUT2D eigenvalue weighted by atomic mass is 79.9. The molecule has 1 aliphatic rings. The molecule has 1 atom stereocenters. The van der Waals surface area contributed by atoms with Crippen molar-refractivity contribution in [1.82, 2.24) is 0 Å². The number of hydrogen-bond donors (Lipinski definition) is 0. The van der Waals surface area contributed by atoms with Gasteiger partial charge in [-0.15, -0.1) is 0 Å². The standard InChI is InChI=1S/C11H21BrO/c1-3-10(4-2)11(8-12)6-5-7-13-9-11/h10H,3-9H2,1-2H3. The van der Waals surface area contributed by atoms with E-state index in [4.69, 9.17) is 4.74 Å². The maximum absolute atomic E-state index is 5.63. The molecule has 1 rings (SSSR count). The Balaban J connectivity index is 2.64. The minimum absolute atomic E-state index is 0.432. The van der Waals surface area contributed by atoms with Crippen molar-refractivity contribution in [3.8, 4) is 0 Å². The molecule has 1 aliphatic heterocycles. The van der Waals surface area contributed by atoms with Crippen molar-refractivity contribution in [2.45, 2.75) is 39.5 Å².